The van der Waals surface area contributed by atoms with Gasteiger partial charge in [0.1, 0.15) is 0 Å². The standard InChI is InChI=1S/C22H19BrClN5O2/c23-16-7-8-18-17(12-16)20(31)28(13-15-5-3-14(4-6-15)11-19(24)30)22-26-25-21(29(18)22)27-9-1-2-10-27/h3-8,12H,1-2,9-11,13H2. The normalized spacial score (nSPS) is 14.1. The van der Waals surface area contributed by atoms with E-state index >= 15 is 0 Å². The number of nitrogens with zero attached hydrogens (tertiary/aromatic N) is 5. The molecule has 0 bridgehead atoms. The number of benzene rings is 2. The molecule has 0 radical (unpaired) electrons. The van der Waals surface area contributed by atoms with Crippen LogP contribution in [0.15, 0.2) is 51.7 Å². The minimum absolute atomic E-state index is 0.121. The van der Waals surface area contributed by atoms with E-state index in [1.54, 1.807) is 4.57 Å². The molecule has 0 spiro atoms. The molecule has 31 heavy (non-hydrogen) atoms. The first-order chi connectivity index (χ1) is 15.0. The number of hydrogen-bond donors (Lipinski definition) is 0. The van der Waals surface area contributed by atoms with Gasteiger partial charge in [0.25, 0.3) is 5.56 Å². The molecule has 0 amide bonds. The summed E-state index contributed by atoms with van der Waals surface area (Å²) in [6, 6.07) is 13.2. The van der Waals surface area contributed by atoms with Gasteiger partial charge in [0.15, 0.2) is 0 Å². The smallest absolute Gasteiger partial charge is 0.263 e. The van der Waals surface area contributed by atoms with Crippen molar-refractivity contribution in [3.63, 3.8) is 0 Å². The highest BCUT2D eigenvalue weighted by Crippen LogP contribution is 2.25. The lowest BCUT2D eigenvalue weighted by Crippen LogP contribution is -2.26. The van der Waals surface area contributed by atoms with Gasteiger partial charge in [0.05, 0.1) is 17.4 Å². The zero-order chi connectivity index (χ0) is 21.5. The summed E-state index contributed by atoms with van der Waals surface area (Å²) in [6.07, 6.45) is 2.42. The topological polar surface area (TPSA) is 72.5 Å². The van der Waals surface area contributed by atoms with Crippen molar-refractivity contribution in [1.29, 1.82) is 0 Å². The lowest BCUT2D eigenvalue weighted by Gasteiger charge is -2.17. The summed E-state index contributed by atoms with van der Waals surface area (Å²) in [7, 11) is 0. The summed E-state index contributed by atoms with van der Waals surface area (Å²) >= 11 is 8.97. The van der Waals surface area contributed by atoms with Crippen LogP contribution < -0.4 is 10.5 Å². The SMILES string of the molecule is O=C(Cl)Cc1ccc(Cn2c(=O)c3cc(Br)ccc3n3c(N4CCCC4)nnc23)cc1. The molecular weight excluding hydrogens is 482 g/mol. The average molecular weight is 501 g/mol. The molecule has 7 nitrogen and oxygen atoms in total. The molecule has 1 fully saturated rings. The molecule has 0 N–H and O–H groups in total. The van der Waals surface area contributed by atoms with Crippen LogP contribution >= 0.6 is 27.5 Å². The molecule has 2 aromatic heterocycles. The average Bonchev–Trinajstić information content (AvgIpc) is 3.42. The predicted molar refractivity (Wildman–Crippen MR) is 124 cm³/mol. The number of hydrogen-bond acceptors (Lipinski definition) is 5. The zero-order valence-electron chi connectivity index (χ0n) is 16.6. The van der Waals surface area contributed by atoms with Gasteiger partial charge in [0.2, 0.25) is 17.0 Å². The van der Waals surface area contributed by atoms with Gasteiger partial charge in [-0.15, -0.1) is 10.2 Å². The minimum Gasteiger partial charge on any atom is -0.341 e. The highest BCUT2D eigenvalue weighted by molar-refractivity contribution is 9.10. The third-order valence-corrected chi connectivity index (χ3v) is 6.27. The number of carbonyl (C=O) groups excluding carboxylic acids is 1. The van der Waals surface area contributed by atoms with Crippen LogP contribution in [0.5, 0.6) is 0 Å². The largest absolute Gasteiger partial charge is 0.341 e. The lowest BCUT2D eigenvalue weighted by molar-refractivity contribution is -0.111. The van der Waals surface area contributed by atoms with Crippen LogP contribution in [-0.2, 0) is 17.8 Å². The third-order valence-electron chi connectivity index (χ3n) is 5.64. The van der Waals surface area contributed by atoms with Gasteiger partial charge in [-0.2, -0.15) is 0 Å². The highest BCUT2D eigenvalue weighted by atomic mass is 79.9. The van der Waals surface area contributed by atoms with Gasteiger partial charge in [0, 0.05) is 24.0 Å². The molecule has 4 aromatic rings. The van der Waals surface area contributed by atoms with E-state index in [2.05, 4.69) is 31.0 Å². The molecule has 1 aliphatic heterocycles. The van der Waals surface area contributed by atoms with E-state index in [-0.39, 0.29) is 12.0 Å². The van der Waals surface area contributed by atoms with Crippen molar-refractivity contribution in [3.8, 4) is 0 Å². The minimum atomic E-state index is -0.399. The zero-order valence-corrected chi connectivity index (χ0v) is 18.9. The van der Waals surface area contributed by atoms with E-state index in [4.69, 9.17) is 11.6 Å². The molecule has 1 aliphatic rings. The maximum absolute atomic E-state index is 13.4. The van der Waals surface area contributed by atoms with Gasteiger partial charge in [-0.1, -0.05) is 40.2 Å². The van der Waals surface area contributed by atoms with E-state index in [1.165, 1.54) is 0 Å². The molecule has 5 rings (SSSR count). The molecule has 158 valence electrons. The highest BCUT2D eigenvalue weighted by Gasteiger charge is 2.22. The summed E-state index contributed by atoms with van der Waals surface area (Å²) in [5, 5.41) is 9.07. The monoisotopic (exact) mass is 499 g/mol. The van der Waals surface area contributed by atoms with Gasteiger partial charge < -0.3 is 4.90 Å². The van der Waals surface area contributed by atoms with Crippen molar-refractivity contribution < 1.29 is 4.79 Å². The Labute approximate surface area is 191 Å². The predicted octanol–water partition coefficient (Wildman–Crippen LogP) is 3.76. The fourth-order valence-corrected chi connectivity index (χ4v) is 4.65. The Balaban J connectivity index is 1.67. The molecule has 0 saturated carbocycles. The Morgan fingerprint density at radius 2 is 1.74 bits per heavy atom. The Morgan fingerprint density at radius 3 is 2.45 bits per heavy atom. The van der Waals surface area contributed by atoms with E-state index in [0.29, 0.717) is 17.7 Å². The third kappa shape index (κ3) is 3.74. The molecule has 0 aliphatic carbocycles. The van der Waals surface area contributed by atoms with Crippen LogP contribution in [0.4, 0.5) is 5.95 Å². The molecule has 1 saturated heterocycles. The first kappa shape index (κ1) is 20.2. The fourth-order valence-electron chi connectivity index (χ4n) is 4.14. The van der Waals surface area contributed by atoms with Crippen molar-refractivity contribution in [3.05, 3.63) is 68.4 Å². The fraction of sp³-hybridized carbons (Fsp3) is 0.273. The second-order valence-corrected chi connectivity index (χ2v) is 9.07. The first-order valence-corrected chi connectivity index (χ1v) is 11.3. The molecular formula is C22H19BrClN5O2. The molecule has 9 heteroatoms. The molecule has 2 aromatic carbocycles. The summed E-state index contributed by atoms with van der Waals surface area (Å²) in [6.45, 7) is 2.20. The van der Waals surface area contributed by atoms with Gasteiger partial charge in [-0.05, 0) is 53.8 Å². The van der Waals surface area contributed by atoms with E-state index in [9.17, 15) is 9.59 Å². The number of anilines is 1. The Morgan fingerprint density at radius 1 is 1.03 bits per heavy atom. The second-order valence-electron chi connectivity index (χ2n) is 7.73. The van der Waals surface area contributed by atoms with E-state index < -0.39 is 5.24 Å². The Hall–Kier alpha value is -2.71. The van der Waals surface area contributed by atoms with Gasteiger partial charge in [-0.3, -0.25) is 14.2 Å². The molecule has 0 atom stereocenters. The quantitative estimate of drug-likeness (QED) is 0.390. The molecule has 3 heterocycles. The van der Waals surface area contributed by atoms with Crippen molar-refractivity contribution in [2.75, 3.05) is 18.0 Å². The Bertz CT molecular complexity index is 1360. The number of carbonyl (C=O) groups is 1. The van der Waals surface area contributed by atoms with E-state index in [1.807, 2.05) is 46.9 Å². The summed E-state index contributed by atoms with van der Waals surface area (Å²) < 4.78 is 4.48. The van der Waals surface area contributed by atoms with Crippen molar-refractivity contribution >= 4 is 55.4 Å². The number of aromatic nitrogens is 4. The van der Waals surface area contributed by atoms with Crippen LogP contribution in [0.2, 0.25) is 0 Å². The van der Waals surface area contributed by atoms with Crippen LogP contribution in [0, 0.1) is 0 Å². The van der Waals surface area contributed by atoms with E-state index in [0.717, 1.165) is 53.0 Å². The van der Waals surface area contributed by atoms with Crippen molar-refractivity contribution in [1.82, 2.24) is 19.2 Å². The number of rotatable bonds is 5. The first-order valence-electron chi connectivity index (χ1n) is 10.1. The van der Waals surface area contributed by atoms with Crippen molar-refractivity contribution in [2.24, 2.45) is 0 Å². The molecule has 0 unspecified atom stereocenters. The Kier molecular flexibility index (Phi) is 5.27. The van der Waals surface area contributed by atoms with Gasteiger partial charge in [-0.25, -0.2) is 4.40 Å². The van der Waals surface area contributed by atoms with Crippen molar-refractivity contribution in [2.45, 2.75) is 25.8 Å². The maximum Gasteiger partial charge on any atom is 0.263 e. The van der Waals surface area contributed by atoms with Crippen LogP contribution in [0.3, 0.4) is 0 Å². The maximum atomic E-state index is 13.4. The number of fused-ring (bicyclic) bond motifs is 3. The lowest BCUT2D eigenvalue weighted by atomic mass is 10.1. The van der Waals surface area contributed by atoms with Crippen LogP contribution in [-0.4, -0.2) is 37.5 Å². The summed E-state index contributed by atoms with van der Waals surface area (Å²) in [5.41, 5.74) is 2.43. The summed E-state index contributed by atoms with van der Waals surface area (Å²) in [4.78, 5) is 26.8. The van der Waals surface area contributed by atoms with Crippen LogP contribution in [0.25, 0.3) is 16.7 Å². The van der Waals surface area contributed by atoms with Gasteiger partial charge >= 0.3 is 0 Å². The number of halogens is 2. The van der Waals surface area contributed by atoms with Crippen LogP contribution in [0.1, 0.15) is 24.0 Å². The summed E-state index contributed by atoms with van der Waals surface area (Å²) in [5.74, 6) is 1.28. The second kappa shape index (κ2) is 8.09.